The first kappa shape index (κ1) is 16.3. The fraction of sp³-hybridized carbons (Fsp3) is 0.111. The minimum Gasteiger partial charge on any atom is -0.355 e. The lowest BCUT2D eigenvalue weighted by molar-refractivity contribution is 0.0992. The molecule has 0 aliphatic heterocycles. The minimum absolute atomic E-state index is 0.393. The van der Waals surface area contributed by atoms with Gasteiger partial charge in [-0.15, -0.1) is 0 Å². The van der Waals surface area contributed by atoms with Crippen molar-refractivity contribution in [2.75, 3.05) is 5.32 Å². The molecule has 0 aliphatic rings. The van der Waals surface area contributed by atoms with Gasteiger partial charge in [0.05, 0.1) is 4.47 Å². The lowest BCUT2D eigenvalue weighted by Gasteiger charge is -2.11. The number of anilines is 2. The molecule has 0 atom stereocenters. The van der Waals surface area contributed by atoms with Gasteiger partial charge in [-0.2, -0.15) is 5.10 Å². The number of aryl methyl sites for hydroxylation is 2. The number of benzene rings is 2. The Kier molecular flexibility index (Phi) is 4.40. The second kappa shape index (κ2) is 6.49. The number of hydrogen-bond acceptors (Lipinski definition) is 3. The molecule has 2 N–H and O–H groups in total. The van der Waals surface area contributed by atoms with Crippen LogP contribution in [0.25, 0.3) is 11.3 Å². The number of amides is 1. The van der Waals surface area contributed by atoms with Gasteiger partial charge in [0.2, 0.25) is 0 Å². The standard InChI is InChI=1S/C18H16BrN4O/c1-11-8-13(18(20)24)6-7-16(11)21-14-5-3-4-12(9-14)17-15(19)10-23(2)22-17/h3-10,20-21H,1-2H3. The van der Waals surface area contributed by atoms with Gasteiger partial charge in [0.1, 0.15) is 5.69 Å². The van der Waals surface area contributed by atoms with Crippen molar-refractivity contribution in [2.45, 2.75) is 6.92 Å². The molecule has 3 rings (SSSR count). The van der Waals surface area contributed by atoms with Gasteiger partial charge < -0.3 is 5.32 Å². The van der Waals surface area contributed by atoms with Crippen LogP contribution in [0.3, 0.4) is 0 Å². The normalized spacial score (nSPS) is 10.6. The first-order valence-electron chi connectivity index (χ1n) is 7.37. The van der Waals surface area contributed by atoms with E-state index in [1.165, 1.54) is 0 Å². The van der Waals surface area contributed by atoms with Gasteiger partial charge in [-0.25, -0.2) is 0 Å². The summed E-state index contributed by atoms with van der Waals surface area (Å²) < 4.78 is 2.71. The van der Waals surface area contributed by atoms with Crippen molar-refractivity contribution < 1.29 is 4.79 Å². The molecule has 121 valence electrons. The number of nitrogens with zero attached hydrogens (tertiary/aromatic N) is 2. The summed E-state index contributed by atoms with van der Waals surface area (Å²) in [5.41, 5.74) is 12.2. The third-order valence-electron chi connectivity index (χ3n) is 3.69. The van der Waals surface area contributed by atoms with Crippen molar-refractivity contribution in [3.63, 3.8) is 0 Å². The van der Waals surface area contributed by atoms with E-state index in [2.05, 4.69) is 26.3 Å². The van der Waals surface area contributed by atoms with E-state index in [1.807, 2.05) is 50.5 Å². The number of carbonyl (C=O) groups is 1. The highest BCUT2D eigenvalue weighted by Gasteiger charge is 2.09. The number of carbonyl (C=O) groups excluding carboxylic acids is 1. The minimum atomic E-state index is -0.674. The van der Waals surface area contributed by atoms with Crippen molar-refractivity contribution >= 4 is 33.2 Å². The van der Waals surface area contributed by atoms with Crippen LogP contribution in [-0.4, -0.2) is 15.7 Å². The molecule has 1 amide bonds. The van der Waals surface area contributed by atoms with Crippen molar-refractivity contribution in [1.82, 2.24) is 15.5 Å². The first-order chi connectivity index (χ1) is 11.4. The second-order valence-electron chi connectivity index (χ2n) is 5.56. The lowest BCUT2D eigenvalue weighted by Crippen LogP contribution is -2.01. The molecule has 0 spiro atoms. The predicted octanol–water partition coefficient (Wildman–Crippen LogP) is 4.32. The van der Waals surface area contributed by atoms with Gasteiger partial charge in [0, 0.05) is 35.7 Å². The van der Waals surface area contributed by atoms with E-state index in [0.29, 0.717) is 5.56 Å². The molecule has 0 unspecified atom stereocenters. The number of aromatic nitrogens is 2. The molecule has 2 aromatic carbocycles. The molecule has 0 fully saturated rings. The summed E-state index contributed by atoms with van der Waals surface area (Å²) >= 11 is 3.52. The van der Waals surface area contributed by atoms with Crippen LogP contribution < -0.4 is 11.1 Å². The molecule has 5 nitrogen and oxygen atoms in total. The van der Waals surface area contributed by atoms with Crippen molar-refractivity contribution in [3.8, 4) is 11.3 Å². The van der Waals surface area contributed by atoms with Crippen LogP contribution >= 0.6 is 15.9 Å². The second-order valence-corrected chi connectivity index (χ2v) is 6.42. The van der Waals surface area contributed by atoms with Crippen LogP contribution in [0.1, 0.15) is 15.9 Å². The Morgan fingerprint density at radius 1 is 1.25 bits per heavy atom. The molecule has 1 radical (unpaired) electrons. The van der Waals surface area contributed by atoms with Crippen LogP contribution in [0.15, 0.2) is 53.1 Å². The van der Waals surface area contributed by atoms with E-state index in [1.54, 1.807) is 16.8 Å². The maximum absolute atomic E-state index is 11.1. The maximum atomic E-state index is 11.1. The largest absolute Gasteiger partial charge is 0.355 e. The molecule has 0 bridgehead atoms. The summed E-state index contributed by atoms with van der Waals surface area (Å²) in [5.74, 6) is -0.674. The van der Waals surface area contributed by atoms with Gasteiger partial charge >= 0.3 is 0 Å². The molecule has 24 heavy (non-hydrogen) atoms. The average molecular weight is 384 g/mol. The van der Waals surface area contributed by atoms with E-state index in [9.17, 15) is 4.79 Å². The van der Waals surface area contributed by atoms with Gasteiger partial charge in [0.25, 0.3) is 5.91 Å². The number of halogens is 1. The smallest absolute Gasteiger partial charge is 0.269 e. The van der Waals surface area contributed by atoms with Crippen LogP contribution in [0.2, 0.25) is 0 Å². The van der Waals surface area contributed by atoms with Gasteiger partial charge in [-0.1, -0.05) is 12.1 Å². The Morgan fingerprint density at radius 3 is 2.67 bits per heavy atom. The molecular formula is C18H16BrN4O. The Balaban J connectivity index is 1.90. The third kappa shape index (κ3) is 3.33. The Morgan fingerprint density at radius 2 is 2.04 bits per heavy atom. The molecule has 1 heterocycles. The molecular weight excluding hydrogens is 368 g/mol. The molecule has 1 aromatic heterocycles. The number of nitrogens with one attached hydrogen (secondary N) is 2. The zero-order valence-electron chi connectivity index (χ0n) is 13.3. The van der Waals surface area contributed by atoms with Crippen LogP contribution in [0.4, 0.5) is 11.4 Å². The summed E-state index contributed by atoms with van der Waals surface area (Å²) in [6, 6.07) is 13.2. The number of hydrogen-bond donors (Lipinski definition) is 1. The summed E-state index contributed by atoms with van der Waals surface area (Å²) in [6.45, 7) is 1.91. The summed E-state index contributed by atoms with van der Waals surface area (Å²) in [4.78, 5) is 11.1. The summed E-state index contributed by atoms with van der Waals surface area (Å²) in [7, 11) is 1.88. The van der Waals surface area contributed by atoms with Crippen molar-refractivity contribution in [3.05, 3.63) is 64.3 Å². The average Bonchev–Trinajstić information content (AvgIpc) is 2.88. The number of rotatable bonds is 4. The SMILES string of the molecule is Cc1cc(C([NH])=O)ccc1Nc1cccc(-c2nn(C)cc2Br)c1. The molecule has 0 saturated carbocycles. The van der Waals surface area contributed by atoms with Crippen LogP contribution in [0.5, 0.6) is 0 Å². The zero-order valence-corrected chi connectivity index (χ0v) is 14.9. The summed E-state index contributed by atoms with van der Waals surface area (Å²) in [5, 5.41) is 7.81. The molecule has 6 heteroatoms. The zero-order chi connectivity index (χ0) is 17.3. The summed E-state index contributed by atoms with van der Waals surface area (Å²) in [6.07, 6.45) is 1.91. The third-order valence-corrected chi connectivity index (χ3v) is 4.27. The van der Waals surface area contributed by atoms with E-state index in [-0.39, 0.29) is 0 Å². The molecule has 3 aromatic rings. The maximum Gasteiger partial charge on any atom is 0.269 e. The van der Waals surface area contributed by atoms with E-state index in [0.717, 1.165) is 32.7 Å². The fourth-order valence-electron chi connectivity index (χ4n) is 2.50. The van der Waals surface area contributed by atoms with Crippen molar-refractivity contribution in [1.29, 1.82) is 0 Å². The van der Waals surface area contributed by atoms with E-state index < -0.39 is 5.91 Å². The van der Waals surface area contributed by atoms with Crippen molar-refractivity contribution in [2.24, 2.45) is 7.05 Å². The Hall–Kier alpha value is -2.60. The van der Waals surface area contributed by atoms with Gasteiger partial charge in [-0.3, -0.25) is 15.2 Å². The Bertz CT molecular complexity index is 917. The highest BCUT2D eigenvalue weighted by Crippen LogP contribution is 2.29. The van der Waals surface area contributed by atoms with E-state index >= 15 is 0 Å². The first-order valence-corrected chi connectivity index (χ1v) is 8.16. The topological polar surface area (TPSA) is 70.7 Å². The molecule has 0 aliphatic carbocycles. The highest BCUT2D eigenvalue weighted by atomic mass is 79.9. The Labute approximate surface area is 148 Å². The van der Waals surface area contributed by atoms with Gasteiger partial charge in [-0.05, 0) is 58.7 Å². The monoisotopic (exact) mass is 383 g/mol. The predicted molar refractivity (Wildman–Crippen MR) is 98.2 cm³/mol. The van der Waals surface area contributed by atoms with E-state index in [4.69, 9.17) is 5.73 Å². The van der Waals surface area contributed by atoms with Crippen LogP contribution in [-0.2, 0) is 7.05 Å². The fourth-order valence-corrected chi connectivity index (χ4v) is 3.10. The van der Waals surface area contributed by atoms with Gasteiger partial charge in [0.15, 0.2) is 0 Å². The highest BCUT2D eigenvalue weighted by molar-refractivity contribution is 9.10. The quantitative estimate of drug-likeness (QED) is 0.728. The van der Waals surface area contributed by atoms with Crippen LogP contribution in [0, 0.1) is 6.92 Å². The molecule has 0 saturated heterocycles. The lowest BCUT2D eigenvalue weighted by atomic mass is 10.1.